The standard InChI is InChI=1S/C16H22N2OS/c1-12-11-15(7-6-14(12)5-4-9-17)16(19)18-13(2)8-10-20-3/h6-7,11,13H,8-10,17H2,1-3H3,(H,18,19). The Kier molecular flexibility index (Phi) is 7.21. The second-order valence-corrected chi connectivity index (χ2v) is 5.68. The summed E-state index contributed by atoms with van der Waals surface area (Å²) in [6, 6.07) is 5.74. The summed E-state index contributed by atoms with van der Waals surface area (Å²) in [7, 11) is 0. The highest BCUT2D eigenvalue weighted by molar-refractivity contribution is 7.98. The van der Waals surface area contributed by atoms with Crippen molar-refractivity contribution >= 4 is 17.7 Å². The second kappa shape index (κ2) is 8.68. The maximum absolute atomic E-state index is 12.1. The molecular formula is C16H22N2OS. The maximum Gasteiger partial charge on any atom is 0.251 e. The fourth-order valence-electron chi connectivity index (χ4n) is 1.77. The lowest BCUT2D eigenvalue weighted by Crippen LogP contribution is -2.33. The molecule has 1 rings (SSSR count). The van der Waals surface area contributed by atoms with Gasteiger partial charge in [-0.25, -0.2) is 0 Å². The number of rotatable bonds is 5. The van der Waals surface area contributed by atoms with Gasteiger partial charge >= 0.3 is 0 Å². The molecule has 0 aliphatic rings. The van der Waals surface area contributed by atoms with Gasteiger partial charge in [0.25, 0.3) is 5.91 Å². The van der Waals surface area contributed by atoms with Crippen molar-refractivity contribution in [2.75, 3.05) is 18.6 Å². The molecule has 0 spiro atoms. The Morgan fingerprint density at radius 3 is 2.85 bits per heavy atom. The van der Waals surface area contributed by atoms with E-state index in [9.17, 15) is 4.79 Å². The molecule has 4 heteroatoms. The van der Waals surface area contributed by atoms with Gasteiger partial charge in [-0.1, -0.05) is 11.8 Å². The van der Waals surface area contributed by atoms with E-state index in [0.717, 1.165) is 23.3 Å². The summed E-state index contributed by atoms with van der Waals surface area (Å²) in [5.74, 6) is 6.84. The number of hydrogen-bond donors (Lipinski definition) is 2. The summed E-state index contributed by atoms with van der Waals surface area (Å²) in [6.45, 7) is 4.32. The first kappa shape index (κ1) is 16.6. The summed E-state index contributed by atoms with van der Waals surface area (Å²) in [5.41, 5.74) is 7.95. The number of aryl methyl sites for hydroxylation is 1. The van der Waals surface area contributed by atoms with Gasteiger partial charge in [0, 0.05) is 17.2 Å². The van der Waals surface area contributed by atoms with Gasteiger partial charge in [-0.15, -0.1) is 0 Å². The minimum Gasteiger partial charge on any atom is -0.350 e. The lowest BCUT2D eigenvalue weighted by molar-refractivity contribution is 0.0939. The zero-order valence-corrected chi connectivity index (χ0v) is 13.1. The van der Waals surface area contributed by atoms with Crippen LogP contribution in [0.25, 0.3) is 0 Å². The molecule has 108 valence electrons. The van der Waals surface area contributed by atoms with E-state index in [1.54, 1.807) is 11.8 Å². The molecule has 1 amide bonds. The fraction of sp³-hybridized carbons (Fsp3) is 0.438. The zero-order valence-electron chi connectivity index (χ0n) is 12.3. The zero-order chi connectivity index (χ0) is 15.0. The van der Waals surface area contributed by atoms with Crippen molar-refractivity contribution in [3.8, 4) is 11.8 Å². The number of hydrogen-bond acceptors (Lipinski definition) is 3. The van der Waals surface area contributed by atoms with Crippen LogP contribution in [-0.2, 0) is 0 Å². The van der Waals surface area contributed by atoms with E-state index in [1.807, 2.05) is 32.0 Å². The van der Waals surface area contributed by atoms with Crippen LogP contribution < -0.4 is 11.1 Å². The van der Waals surface area contributed by atoms with Gasteiger partial charge in [-0.05, 0) is 56.0 Å². The smallest absolute Gasteiger partial charge is 0.251 e. The fourth-order valence-corrected chi connectivity index (χ4v) is 2.35. The predicted octanol–water partition coefficient (Wildman–Crippen LogP) is 2.18. The molecule has 1 aromatic carbocycles. The molecule has 3 N–H and O–H groups in total. The van der Waals surface area contributed by atoms with Crippen LogP contribution in [0.5, 0.6) is 0 Å². The monoisotopic (exact) mass is 290 g/mol. The molecule has 1 aromatic rings. The largest absolute Gasteiger partial charge is 0.350 e. The van der Waals surface area contributed by atoms with Gasteiger partial charge in [0.1, 0.15) is 0 Å². The Balaban J connectivity index is 2.72. The molecule has 3 nitrogen and oxygen atoms in total. The van der Waals surface area contributed by atoms with E-state index < -0.39 is 0 Å². The summed E-state index contributed by atoms with van der Waals surface area (Å²) in [6.07, 6.45) is 3.05. The topological polar surface area (TPSA) is 55.1 Å². The average molecular weight is 290 g/mol. The molecule has 0 radical (unpaired) electrons. The lowest BCUT2D eigenvalue weighted by Gasteiger charge is -2.13. The van der Waals surface area contributed by atoms with E-state index in [2.05, 4.69) is 23.4 Å². The number of amides is 1. The normalized spacial score (nSPS) is 11.4. The Morgan fingerprint density at radius 1 is 1.50 bits per heavy atom. The van der Waals surface area contributed by atoms with E-state index in [0.29, 0.717) is 12.1 Å². The second-order valence-electron chi connectivity index (χ2n) is 4.69. The van der Waals surface area contributed by atoms with Gasteiger partial charge in [0.05, 0.1) is 6.54 Å². The van der Waals surface area contributed by atoms with Crippen molar-refractivity contribution in [1.29, 1.82) is 0 Å². The molecule has 0 saturated carbocycles. The Hall–Kier alpha value is -1.44. The number of carbonyl (C=O) groups excluding carboxylic acids is 1. The van der Waals surface area contributed by atoms with Crippen molar-refractivity contribution in [3.05, 3.63) is 34.9 Å². The first-order valence-corrected chi connectivity index (χ1v) is 8.07. The molecule has 1 unspecified atom stereocenters. The average Bonchev–Trinajstić information content (AvgIpc) is 2.43. The Labute approximate surface area is 125 Å². The summed E-state index contributed by atoms with van der Waals surface area (Å²) >= 11 is 1.79. The molecule has 0 aliphatic carbocycles. The summed E-state index contributed by atoms with van der Waals surface area (Å²) in [5, 5.41) is 3.01. The number of carbonyl (C=O) groups is 1. The Morgan fingerprint density at radius 2 is 2.25 bits per heavy atom. The summed E-state index contributed by atoms with van der Waals surface area (Å²) in [4.78, 5) is 12.1. The van der Waals surface area contributed by atoms with Crippen LogP contribution in [0.15, 0.2) is 18.2 Å². The van der Waals surface area contributed by atoms with Gasteiger partial charge in [0.15, 0.2) is 0 Å². The number of thioether (sulfide) groups is 1. The minimum atomic E-state index is -0.0277. The Bertz CT molecular complexity index is 517. The van der Waals surface area contributed by atoms with Gasteiger partial charge in [0.2, 0.25) is 0 Å². The number of nitrogens with one attached hydrogen (secondary N) is 1. The molecule has 20 heavy (non-hydrogen) atoms. The van der Waals surface area contributed by atoms with Crippen molar-refractivity contribution in [2.45, 2.75) is 26.3 Å². The van der Waals surface area contributed by atoms with E-state index in [-0.39, 0.29) is 11.9 Å². The molecule has 0 aromatic heterocycles. The molecule has 0 saturated heterocycles. The first-order valence-electron chi connectivity index (χ1n) is 6.68. The van der Waals surface area contributed by atoms with Crippen LogP contribution in [0.4, 0.5) is 0 Å². The first-order chi connectivity index (χ1) is 9.58. The van der Waals surface area contributed by atoms with Gasteiger partial charge in [-0.3, -0.25) is 4.79 Å². The molecule has 1 atom stereocenters. The molecular weight excluding hydrogens is 268 g/mol. The van der Waals surface area contributed by atoms with Crippen LogP contribution in [0.3, 0.4) is 0 Å². The third-order valence-corrected chi connectivity index (χ3v) is 3.59. The van der Waals surface area contributed by atoms with Crippen molar-refractivity contribution in [1.82, 2.24) is 5.32 Å². The van der Waals surface area contributed by atoms with Gasteiger partial charge < -0.3 is 11.1 Å². The minimum absolute atomic E-state index is 0.0277. The summed E-state index contributed by atoms with van der Waals surface area (Å²) < 4.78 is 0. The van der Waals surface area contributed by atoms with E-state index in [1.165, 1.54) is 0 Å². The highest BCUT2D eigenvalue weighted by Crippen LogP contribution is 2.11. The van der Waals surface area contributed by atoms with Crippen LogP contribution in [-0.4, -0.2) is 30.5 Å². The van der Waals surface area contributed by atoms with Crippen LogP contribution in [0, 0.1) is 18.8 Å². The quantitative estimate of drug-likeness (QED) is 0.817. The van der Waals surface area contributed by atoms with Crippen LogP contribution in [0.1, 0.15) is 34.8 Å². The molecule has 0 bridgehead atoms. The van der Waals surface area contributed by atoms with Crippen molar-refractivity contribution in [3.63, 3.8) is 0 Å². The number of benzene rings is 1. The number of nitrogens with two attached hydrogens (primary N) is 1. The molecule has 0 heterocycles. The van der Waals surface area contributed by atoms with Crippen molar-refractivity contribution in [2.24, 2.45) is 5.73 Å². The predicted molar refractivity (Wildman–Crippen MR) is 87.0 cm³/mol. The highest BCUT2D eigenvalue weighted by atomic mass is 32.2. The van der Waals surface area contributed by atoms with Gasteiger partial charge in [-0.2, -0.15) is 11.8 Å². The van der Waals surface area contributed by atoms with E-state index in [4.69, 9.17) is 5.73 Å². The van der Waals surface area contributed by atoms with Crippen LogP contribution >= 0.6 is 11.8 Å². The lowest BCUT2D eigenvalue weighted by atomic mass is 10.0. The molecule has 0 aliphatic heterocycles. The van der Waals surface area contributed by atoms with E-state index >= 15 is 0 Å². The molecule has 0 fully saturated rings. The maximum atomic E-state index is 12.1. The van der Waals surface area contributed by atoms with Crippen molar-refractivity contribution < 1.29 is 4.79 Å². The third-order valence-electron chi connectivity index (χ3n) is 2.95. The third kappa shape index (κ3) is 5.28. The highest BCUT2D eigenvalue weighted by Gasteiger charge is 2.10. The SMILES string of the molecule is CSCCC(C)NC(=O)c1ccc(C#CCN)c(C)c1. The van der Waals surface area contributed by atoms with Crippen LogP contribution in [0.2, 0.25) is 0 Å².